The second-order valence-electron chi connectivity index (χ2n) is 7.15. The number of hydrogen-bond acceptors (Lipinski definition) is 1. The fourth-order valence-corrected chi connectivity index (χ4v) is 7.76. The van der Waals surface area contributed by atoms with Crippen molar-refractivity contribution in [3.8, 4) is 0 Å². The molecule has 0 amide bonds. The number of ether oxygens (including phenoxy) is 1. The van der Waals surface area contributed by atoms with Crippen LogP contribution in [-0.4, -0.2) is 21.1 Å². The largest absolute Gasteiger partial charge is 0.378 e. The predicted octanol–water partition coefficient (Wildman–Crippen LogP) is 5.71. The number of rotatable bonds is 6. The molecule has 3 heteroatoms. The van der Waals surface area contributed by atoms with Crippen LogP contribution in [-0.2, 0) is 4.74 Å². The van der Waals surface area contributed by atoms with Gasteiger partial charge in [0.2, 0.25) is 8.41 Å². The lowest BCUT2D eigenvalue weighted by Gasteiger charge is -2.39. The molecule has 0 unspecified atom stereocenters. The average molecular weight is 301 g/mol. The summed E-state index contributed by atoms with van der Waals surface area (Å²) < 4.78 is 20.5. The van der Waals surface area contributed by atoms with Gasteiger partial charge in [0.25, 0.3) is 0 Å². The monoisotopic (exact) mass is 300 g/mol. The zero-order chi connectivity index (χ0) is 14.4. The van der Waals surface area contributed by atoms with Crippen LogP contribution in [0.2, 0.25) is 18.1 Å². The lowest BCUT2D eigenvalue weighted by atomic mass is 9.76. The van der Waals surface area contributed by atoms with E-state index >= 15 is 0 Å². The lowest BCUT2D eigenvalue weighted by Crippen LogP contribution is -2.36. The molecule has 0 aromatic carbocycles. The van der Waals surface area contributed by atoms with Gasteiger partial charge in [0.1, 0.15) is 0 Å². The molecule has 1 heterocycles. The van der Waals surface area contributed by atoms with Crippen molar-refractivity contribution in [3.63, 3.8) is 0 Å². The molecule has 0 N–H and O–H groups in total. The van der Waals surface area contributed by atoms with Crippen LogP contribution < -0.4 is 0 Å². The minimum atomic E-state index is -2.30. The highest BCUT2D eigenvalue weighted by Crippen LogP contribution is 2.43. The van der Waals surface area contributed by atoms with Gasteiger partial charge in [-0.1, -0.05) is 33.1 Å². The molecule has 0 bridgehead atoms. The van der Waals surface area contributed by atoms with Crippen LogP contribution in [0, 0.1) is 11.8 Å². The fourth-order valence-electron chi connectivity index (χ4n) is 4.34. The van der Waals surface area contributed by atoms with Crippen molar-refractivity contribution in [1.29, 1.82) is 0 Å². The van der Waals surface area contributed by atoms with Gasteiger partial charge in [0.05, 0.1) is 6.10 Å². The van der Waals surface area contributed by atoms with E-state index in [4.69, 9.17) is 4.74 Å². The van der Waals surface area contributed by atoms with Crippen LogP contribution in [0.15, 0.2) is 0 Å². The molecule has 1 saturated heterocycles. The summed E-state index contributed by atoms with van der Waals surface area (Å²) in [5.41, 5.74) is 0. The van der Waals surface area contributed by atoms with Crippen LogP contribution in [0.5, 0.6) is 0 Å². The Hall–Kier alpha value is 0.107. The SMILES string of the molecule is CCCOC1CCC([C@H]2CC[Si@](F)(CCC)CC2)CC1. The molecule has 1 saturated carbocycles. The first-order valence-electron chi connectivity index (χ1n) is 8.97. The third-order valence-electron chi connectivity index (χ3n) is 5.57. The molecule has 2 aliphatic rings. The van der Waals surface area contributed by atoms with Crippen molar-refractivity contribution in [2.45, 2.75) is 89.5 Å². The van der Waals surface area contributed by atoms with E-state index in [2.05, 4.69) is 13.8 Å². The predicted molar refractivity (Wildman–Crippen MR) is 86.3 cm³/mol. The molecule has 118 valence electrons. The Morgan fingerprint density at radius 3 is 2.05 bits per heavy atom. The highest BCUT2D eigenvalue weighted by atomic mass is 28.4. The van der Waals surface area contributed by atoms with Gasteiger partial charge in [-0.25, -0.2) is 0 Å². The molecule has 0 aromatic heterocycles. The normalized spacial score (nSPS) is 38.9. The van der Waals surface area contributed by atoms with Crippen LogP contribution in [0.1, 0.15) is 65.2 Å². The van der Waals surface area contributed by atoms with E-state index in [9.17, 15) is 4.11 Å². The molecule has 20 heavy (non-hydrogen) atoms. The summed E-state index contributed by atoms with van der Waals surface area (Å²) in [7, 11) is -2.30. The molecule has 0 radical (unpaired) electrons. The van der Waals surface area contributed by atoms with E-state index in [1.807, 2.05) is 0 Å². The van der Waals surface area contributed by atoms with Crippen molar-refractivity contribution in [3.05, 3.63) is 0 Å². The van der Waals surface area contributed by atoms with Crippen LogP contribution in [0.3, 0.4) is 0 Å². The van der Waals surface area contributed by atoms with Crippen molar-refractivity contribution < 1.29 is 8.84 Å². The summed E-state index contributed by atoms with van der Waals surface area (Å²) in [4.78, 5) is 0. The Morgan fingerprint density at radius 2 is 1.50 bits per heavy atom. The Balaban J connectivity index is 1.70. The third-order valence-corrected chi connectivity index (χ3v) is 9.33. The zero-order valence-electron chi connectivity index (χ0n) is 13.5. The maximum Gasteiger partial charge on any atom is 0.247 e. The van der Waals surface area contributed by atoms with Gasteiger partial charge >= 0.3 is 0 Å². The number of hydrogen-bond donors (Lipinski definition) is 0. The Morgan fingerprint density at radius 1 is 0.900 bits per heavy atom. The maximum absolute atomic E-state index is 14.6. The fraction of sp³-hybridized carbons (Fsp3) is 1.00. The summed E-state index contributed by atoms with van der Waals surface area (Å²) in [5.74, 6) is 1.70. The molecule has 1 aliphatic carbocycles. The van der Waals surface area contributed by atoms with Gasteiger partial charge in [0, 0.05) is 6.61 Å². The van der Waals surface area contributed by atoms with Crippen LogP contribution in [0.4, 0.5) is 4.11 Å². The summed E-state index contributed by atoms with van der Waals surface area (Å²) in [6.07, 6.45) is 10.2. The smallest absolute Gasteiger partial charge is 0.247 e. The number of halogens is 1. The van der Waals surface area contributed by atoms with Crippen LogP contribution >= 0.6 is 0 Å². The van der Waals surface area contributed by atoms with Crippen LogP contribution in [0.25, 0.3) is 0 Å². The van der Waals surface area contributed by atoms with Gasteiger partial charge in [-0.2, -0.15) is 0 Å². The second kappa shape index (κ2) is 7.93. The third kappa shape index (κ3) is 4.56. The Bertz CT molecular complexity index is 268. The molecule has 1 nitrogen and oxygen atoms in total. The van der Waals surface area contributed by atoms with E-state index in [0.29, 0.717) is 6.10 Å². The topological polar surface area (TPSA) is 9.23 Å². The minimum absolute atomic E-state index is 0.518. The minimum Gasteiger partial charge on any atom is -0.378 e. The first-order valence-corrected chi connectivity index (χ1v) is 11.5. The molecule has 0 aromatic rings. The van der Waals surface area contributed by atoms with Crippen molar-refractivity contribution in [2.24, 2.45) is 11.8 Å². The molecule has 0 atom stereocenters. The summed E-state index contributed by atoms with van der Waals surface area (Å²) >= 11 is 0. The zero-order valence-corrected chi connectivity index (χ0v) is 14.5. The lowest BCUT2D eigenvalue weighted by molar-refractivity contribution is 0.0104. The highest BCUT2D eigenvalue weighted by molar-refractivity contribution is 6.73. The summed E-state index contributed by atoms with van der Waals surface area (Å²) in [5, 5.41) is 0. The average Bonchev–Trinajstić information content (AvgIpc) is 2.47. The maximum atomic E-state index is 14.6. The van der Waals surface area contributed by atoms with Gasteiger partial charge in [0.15, 0.2) is 0 Å². The summed E-state index contributed by atoms with van der Waals surface area (Å²) in [6, 6.07) is 2.83. The van der Waals surface area contributed by atoms with Gasteiger partial charge in [-0.05, 0) is 62.1 Å². The molecule has 2 rings (SSSR count). The Labute approximate surface area is 125 Å². The van der Waals surface area contributed by atoms with E-state index in [-0.39, 0.29) is 0 Å². The standard InChI is InChI=1S/C17H33FOSi/c1-3-11-19-17-7-5-15(6-8-17)16-9-13-20(18,12-4-2)14-10-16/h15-17H,3-14H2,1-2H3/t15?,16-,17?,20+. The van der Waals surface area contributed by atoms with E-state index in [1.54, 1.807) is 0 Å². The molecule has 0 spiro atoms. The van der Waals surface area contributed by atoms with E-state index in [0.717, 1.165) is 49.4 Å². The van der Waals surface area contributed by atoms with Crippen molar-refractivity contribution in [1.82, 2.24) is 0 Å². The molecule has 1 aliphatic heterocycles. The van der Waals surface area contributed by atoms with E-state index in [1.165, 1.54) is 38.5 Å². The first kappa shape index (κ1) is 16.5. The summed E-state index contributed by atoms with van der Waals surface area (Å²) in [6.45, 7) is 5.24. The molecular weight excluding hydrogens is 267 g/mol. The Kier molecular flexibility index (Phi) is 6.53. The van der Waals surface area contributed by atoms with Gasteiger partial charge in [-0.15, -0.1) is 0 Å². The van der Waals surface area contributed by atoms with Gasteiger partial charge in [-0.3, -0.25) is 0 Å². The first-order chi connectivity index (χ1) is 9.67. The molecular formula is C17H33FOSi. The van der Waals surface area contributed by atoms with Crippen molar-refractivity contribution >= 4 is 8.41 Å². The highest BCUT2D eigenvalue weighted by Gasteiger charge is 2.40. The second-order valence-corrected chi connectivity index (χ2v) is 10.9. The quantitative estimate of drug-likeness (QED) is 0.451. The van der Waals surface area contributed by atoms with E-state index < -0.39 is 8.41 Å². The van der Waals surface area contributed by atoms with Gasteiger partial charge < -0.3 is 8.84 Å². The molecule has 2 fully saturated rings. The van der Waals surface area contributed by atoms with Crippen molar-refractivity contribution in [2.75, 3.05) is 6.61 Å².